The first kappa shape index (κ1) is 12.2. The highest BCUT2D eigenvalue weighted by Crippen LogP contribution is 2.18. The van der Waals surface area contributed by atoms with E-state index in [4.69, 9.17) is 4.74 Å². The molecule has 0 N–H and O–H groups in total. The number of Topliss-reactive ketones (excluding diaryl/α,β-unsaturated/α-hetero) is 1. The number of nitrogens with zero attached hydrogens (tertiary/aromatic N) is 1. The summed E-state index contributed by atoms with van der Waals surface area (Å²) in [4.78, 5) is 16.2. The number of ketones is 1. The maximum atomic E-state index is 12.0. The van der Waals surface area contributed by atoms with Gasteiger partial charge in [0.15, 0.2) is 5.78 Å². The van der Waals surface area contributed by atoms with Crippen molar-refractivity contribution in [3.05, 3.63) is 29.1 Å². The lowest BCUT2D eigenvalue weighted by Gasteiger charge is -2.09. The maximum absolute atomic E-state index is 12.0. The molecule has 1 aliphatic rings. The molecule has 0 bridgehead atoms. The first-order valence-electron chi connectivity index (χ1n) is 6.25. The van der Waals surface area contributed by atoms with Crippen molar-refractivity contribution >= 4 is 5.78 Å². The number of aryl methyl sites for hydroxylation is 2. The summed E-state index contributed by atoms with van der Waals surface area (Å²) >= 11 is 0. The molecule has 3 nitrogen and oxygen atoms in total. The summed E-state index contributed by atoms with van der Waals surface area (Å²) in [6.45, 7) is 4.78. The molecule has 1 unspecified atom stereocenters. The molecule has 1 aromatic rings. The molecule has 3 heteroatoms. The van der Waals surface area contributed by atoms with Gasteiger partial charge in [0.25, 0.3) is 0 Å². The van der Waals surface area contributed by atoms with E-state index in [-0.39, 0.29) is 11.9 Å². The highest BCUT2D eigenvalue weighted by atomic mass is 16.5. The Morgan fingerprint density at radius 3 is 3.00 bits per heavy atom. The minimum atomic E-state index is 0.137. The number of ether oxygens (including phenoxy) is 1. The van der Waals surface area contributed by atoms with Crippen molar-refractivity contribution < 1.29 is 9.53 Å². The lowest BCUT2D eigenvalue weighted by Crippen LogP contribution is -2.11. The van der Waals surface area contributed by atoms with E-state index in [0.29, 0.717) is 12.1 Å². The largest absolute Gasteiger partial charge is 0.378 e. The topological polar surface area (TPSA) is 39.2 Å². The van der Waals surface area contributed by atoms with Crippen LogP contribution in [0.5, 0.6) is 0 Å². The number of carbonyl (C=O) groups is 1. The zero-order chi connectivity index (χ0) is 12.3. The fourth-order valence-corrected chi connectivity index (χ4v) is 2.29. The van der Waals surface area contributed by atoms with Gasteiger partial charge in [0.2, 0.25) is 0 Å². The SMILES string of the molecule is Cc1cnc(C(=O)CCC2CCCO2)c(C)c1. The highest BCUT2D eigenvalue weighted by molar-refractivity contribution is 5.95. The van der Waals surface area contributed by atoms with Crippen LogP contribution >= 0.6 is 0 Å². The van der Waals surface area contributed by atoms with E-state index in [9.17, 15) is 4.79 Å². The molecular formula is C14H19NO2. The monoisotopic (exact) mass is 233 g/mol. The molecule has 0 aromatic carbocycles. The molecule has 17 heavy (non-hydrogen) atoms. The van der Waals surface area contributed by atoms with Crippen LogP contribution in [0.15, 0.2) is 12.3 Å². The van der Waals surface area contributed by atoms with Crippen LogP contribution < -0.4 is 0 Å². The number of rotatable bonds is 4. The van der Waals surface area contributed by atoms with Gasteiger partial charge in [-0.15, -0.1) is 0 Å². The van der Waals surface area contributed by atoms with Crippen molar-refractivity contribution in [2.75, 3.05) is 6.61 Å². The van der Waals surface area contributed by atoms with Crippen LogP contribution in [-0.4, -0.2) is 23.5 Å². The molecule has 0 aliphatic carbocycles. The summed E-state index contributed by atoms with van der Waals surface area (Å²) in [5.74, 6) is 0.137. The second-order valence-corrected chi connectivity index (χ2v) is 4.78. The Morgan fingerprint density at radius 1 is 1.53 bits per heavy atom. The molecule has 2 heterocycles. The molecule has 0 saturated carbocycles. The van der Waals surface area contributed by atoms with Gasteiger partial charge in [-0.2, -0.15) is 0 Å². The van der Waals surface area contributed by atoms with Crippen molar-refractivity contribution in [3.63, 3.8) is 0 Å². The Bertz CT molecular complexity index is 409. The highest BCUT2D eigenvalue weighted by Gasteiger charge is 2.18. The van der Waals surface area contributed by atoms with E-state index in [1.165, 1.54) is 0 Å². The smallest absolute Gasteiger partial charge is 0.181 e. The Hall–Kier alpha value is -1.22. The maximum Gasteiger partial charge on any atom is 0.181 e. The summed E-state index contributed by atoms with van der Waals surface area (Å²) in [5.41, 5.74) is 2.69. The zero-order valence-corrected chi connectivity index (χ0v) is 10.5. The number of aromatic nitrogens is 1. The van der Waals surface area contributed by atoms with E-state index >= 15 is 0 Å². The summed E-state index contributed by atoms with van der Waals surface area (Å²) < 4.78 is 5.52. The van der Waals surface area contributed by atoms with E-state index in [1.54, 1.807) is 6.20 Å². The number of hydrogen-bond donors (Lipinski definition) is 0. The lowest BCUT2D eigenvalue weighted by molar-refractivity contribution is 0.0855. The van der Waals surface area contributed by atoms with Gasteiger partial charge in [0, 0.05) is 19.2 Å². The van der Waals surface area contributed by atoms with Crippen molar-refractivity contribution in [2.24, 2.45) is 0 Å². The molecule has 1 aromatic heterocycles. The normalized spacial score (nSPS) is 19.5. The first-order chi connectivity index (χ1) is 8.16. The molecule has 2 rings (SSSR count). The average Bonchev–Trinajstić information content (AvgIpc) is 2.78. The van der Waals surface area contributed by atoms with Gasteiger partial charge >= 0.3 is 0 Å². The molecule has 1 atom stereocenters. The summed E-state index contributed by atoms with van der Waals surface area (Å²) in [5, 5.41) is 0. The van der Waals surface area contributed by atoms with Crippen LogP contribution in [0.25, 0.3) is 0 Å². The van der Waals surface area contributed by atoms with E-state index in [0.717, 1.165) is 37.0 Å². The van der Waals surface area contributed by atoms with Gasteiger partial charge in [-0.1, -0.05) is 6.07 Å². The van der Waals surface area contributed by atoms with E-state index in [1.807, 2.05) is 19.9 Å². The third-order valence-corrected chi connectivity index (χ3v) is 3.20. The van der Waals surface area contributed by atoms with Crippen LogP contribution in [-0.2, 0) is 4.74 Å². The standard InChI is InChI=1S/C14H19NO2/c1-10-8-11(2)14(15-9-10)13(16)6-5-12-4-3-7-17-12/h8-9,12H,3-7H2,1-2H3. The van der Waals surface area contributed by atoms with Crippen LogP contribution in [0.3, 0.4) is 0 Å². The summed E-state index contributed by atoms with van der Waals surface area (Å²) in [7, 11) is 0. The predicted octanol–water partition coefficient (Wildman–Crippen LogP) is 2.84. The van der Waals surface area contributed by atoms with Crippen LogP contribution in [0.1, 0.15) is 47.3 Å². The van der Waals surface area contributed by atoms with Gasteiger partial charge in [0.1, 0.15) is 5.69 Å². The molecule has 92 valence electrons. The van der Waals surface area contributed by atoms with E-state index < -0.39 is 0 Å². The minimum Gasteiger partial charge on any atom is -0.378 e. The van der Waals surface area contributed by atoms with Gasteiger partial charge < -0.3 is 4.74 Å². The fourth-order valence-electron chi connectivity index (χ4n) is 2.29. The van der Waals surface area contributed by atoms with Crippen molar-refractivity contribution in [1.82, 2.24) is 4.98 Å². The lowest BCUT2D eigenvalue weighted by atomic mass is 10.0. The number of carbonyl (C=O) groups excluding carboxylic acids is 1. The summed E-state index contributed by atoms with van der Waals surface area (Å²) in [6, 6.07) is 2.01. The average molecular weight is 233 g/mol. The van der Waals surface area contributed by atoms with Gasteiger partial charge in [-0.3, -0.25) is 9.78 Å². The molecule has 0 radical (unpaired) electrons. The fraction of sp³-hybridized carbons (Fsp3) is 0.571. The minimum absolute atomic E-state index is 0.137. The zero-order valence-electron chi connectivity index (χ0n) is 10.5. The predicted molar refractivity (Wildman–Crippen MR) is 66.2 cm³/mol. The summed E-state index contributed by atoms with van der Waals surface area (Å²) in [6.07, 6.45) is 5.63. The Morgan fingerprint density at radius 2 is 2.35 bits per heavy atom. The quantitative estimate of drug-likeness (QED) is 0.751. The van der Waals surface area contributed by atoms with Crippen molar-refractivity contribution in [2.45, 2.75) is 45.6 Å². The Kier molecular flexibility index (Phi) is 3.89. The van der Waals surface area contributed by atoms with Crippen LogP contribution in [0, 0.1) is 13.8 Å². The molecule has 0 spiro atoms. The van der Waals surface area contributed by atoms with Gasteiger partial charge in [-0.25, -0.2) is 0 Å². The molecular weight excluding hydrogens is 214 g/mol. The Balaban J connectivity index is 1.94. The van der Waals surface area contributed by atoms with Crippen molar-refractivity contribution in [3.8, 4) is 0 Å². The first-order valence-corrected chi connectivity index (χ1v) is 6.25. The second kappa shape index (κ2) is 5.41. The second-order valence-electron chi connectivity index (χ2n) is 4.78. The number of pyridine rings is 1. The molecule has 0 amide bonds. The Labute approximate surface area is 102 Å². The van der Waals surface area contributed by atoms with Gasteiger partial charge in [-0.05, 0) is 44.2 Å². The molecule has 1 saturated heterocycles. The molecule has 1 fully saturated rings. The van der Waals surface area contributed by atoms with E-state index in [2.05, 4.69) is 4.98 Å². The van der Waals surface area contributed by atoms with Crippen molar-refractivity contribution in [1.29, 1.82) is 0 Å². The number of hydrogen-bond acceptors (Lipinski definition) is 3. The third-order valence-electron chi connectivity index (χ3n) is 3.20. The van der Waals surface area contributed by atoms with Crippen LogP contribution in [0.2, 0.25) is 0 Å². The molecule has 1 aliphatic heterocycles. The third kappa shape index (κ3) is 3.13. The van der Waals surface area contributed by atoms with Crippen LogP contribution in [0.4, 0.5) is 0 Å². The van der Waals surface area contributed by atoms with Gasteiger partial charge in [0.05, 0.1) is 6.10 Å².